The maximum atomic E-state index is 13.4. The molecular weight excluding hydrogens is 342 g/mol. The number of amides is 1. The Morgan fingerprint density at radius 1 is 1.12 bits per heavy atom. The molecule has 0 unspecified atom stereocenters. The molecule has 134 valence electrons. The lowest BCUT2D eigenvalue weighted by Gasteiger charge is -2.07. The number of nitrogens with one attached hydrogen (secondary N) is 2. The van der Waals surface area contributed by atoms with Crippen molar-refractivity contribution < 1.29 is 23.1 Å². The first-order chi connectivity index (χ1) is 12.5. The van der Waals surface area contributed by atoms with Crippen molar-refractivity contribution in [2.45, 2.75) is 12.8 Å². The van der Waals surface area contributed by atoms with E-state index in [1.807, 2.05) is 30.5 Å². The van der Waals surface area contributed by atoms with Gasteiger partial charge < -0.3 is 15.0 Å². The van der Waals surface area contributed by atoms with Crippen molar-refractivity contribution in [1.82, 2.24) is 4.98 Å². The van der Waals surface area contributed by atoms with E-state index in [0.29, 0.717) is 12.5 Å². The van der Waals surface area contributed by atoms with Crippen LogP contribution in [0.5, 0.6) is 0 Å². The number of hydrogen-bond acceptors (Lipinski definition) is 3. The maximum absolute atomic E-state index is 13.4. The number of esters is 1. The fraction of sp³-hybridized carbons (Fsp3) is 0.158. The summed E-state index contributed by atoms with van der Waals surface area (Å²) >= 11 is 0. The van der Waals surface area contributed by atoms with Crippen molar-refractivity contribution in [2.75, 3.05) is 11.9 Å². The van der Waals surface area contributed by atoms with Gasteiger partial charge in [0.15, 0.2) is 6.61 Å². The zero-order valence-electron chi connectivity index (χ0n) is 13.7. The molecule has 0 bridgehead atoms. The van der Waals surface area contributed by atoms with E-state index >= 15 is 0 Å². The fourth-order valence-electron chi connectivity index (χ4n) is 2.57. The number of benzene rings is 2. The van der Waals surface area contributed by atoms with Crippen molar-refractivity contribution in [3.05, 3.63) is 65.9 Å². The van der Waals surface area contributed by atoms with Crippen LogP contribution in [0.2, 0.25) is 0 Å². The molecule has 0 aliphatic carbocycles. The molecule has 5 nitrogen and oxygen atoms in total. The Balaban J connectivity index is 1.47. The van der Waals surface area contributed by atoms with Crippen molar-refractivity contribution in [3.8, 4) is 0 Å². The van der Waals surface area contributed by atoms with Crippen LogP contribution in [0.1, 0.15) is 12.0 Å². The molecule has 0 aliphatic heterocycles. The number of anilines is 1. The van der Waals surface area contributed by atoms with Gasteiger partial charge in [0.2, 0.25) is 0 Å². The van der Waals surface area contributed by atoms with E-state index in [2.05, 4.69) is 10.3 Å². The molecule has 3 aromatic rings. The number of carbonyl (C=O) groups excluding carboxylic acids is 2. The SMILES string of the molecule is O=C(COC(=O)CCc1c[nH]c2ccccc12)Nc1ccc(F)cc1F. The van der Waals surface area contributed by atoms with Gasteiger partial charge in [0.05, 0.1) is 5.69 Å². The topological polar surface area (TPSA) is 71.2 Å². The van der Waals surface area contributed by atoms with Gasteiger partial charge >= 0.3 is 5.97 Å². The van der Waals surface area contributed by atoms with Crippen molar-refractivity contribution >= 4 is 28.5 Å². The number of aromatic amines is 1. The summed E-state index contributed by atoms with van der Waals surface area (Å²) in [6.45, 7) is -0.538. The average Bonchev–Trinajstić information content (AvgIpc) is 3.04. The van der Waals surface area contributed by atoms with Gasteiger partial charge in [0.25, 0.3) is 5.91 Å². The molecule has 2 aromatic carbocycles. The number of H-pyrrole nitrogens is 1. The zero-order chi connectivity index (χ0) is 18.5. The minimum absolute atomic E-state index is 0.111. The van der Waals surface area contributed by atoms with Gasteiger partial charge in [-0.2, -0.15) is 0 Å². The van der Waals surface area contributed by atoms with E-state index in [1.165, 1.54) is 0 Å². The molecule has 7 heteroatoms. The second kappa shape index (κ2) is 7.77. The molecule has 0 aliphatic rings. The molecule has 0 fully saturated rings. The fourth-order valence-corrected chi connectivity index (χ4v) is 2.57. The second-order valence-corrected chi connectivity index (χ2v) is 5.69. The van der Waals surface area contributed by atoms with E-state index in [9.17, 15) is 18.4 Å². The lowest BCUT2D eigenvalue weighted by atomic mass is 10.1. The molecule has 26 heavy (non-hydrogen) atoms. The maximum Gasteiger partial charge on any atom is 0.306 e. The summed E-state index contributed by atoms with van der Waals surface area (Å²) in [7, 11) is 0. The summed E-state index contributed by atoms with van der Waals surface area (Å²) in [4.78, 5) is 26.6. The molecule has 1 amide bonds. The summed E-state index contributed by atoms with van der Waals surface area (Å²) in [6.07, 6.45) is 2.42. The molecule has 3 rings (SSSR count). The normalized spacial score (nSPS) is 10.7. The minimum Gasteiger partial charge on any atom is -0.456 e. The molecule has 2 N–H and O–H groups in total. The molecule has 0 radical (unpaired) electrons. The highest BCUT2D eigenvalue weighted by Crippen LogP contribution is 2.19. The highest BCUT2D eigenvalue weighted by atomic mass is 19.1. The number of carbonyl (C=O) groups is 2. The summed E-state index contributed by atoms with van der Waals surface area (Å²) in [6, 6.07) is 10.5. The molecule has 0 spiro atoms. The van der Waals surface area contributed by atoms with Gasteiger partial charge in [-0.1, -0.05) is 18.2 Å². The van der Waals surface area contributed by atoms with Crippen molar-refractivity contribution in [2.24, 2.45) is 0 Å². The minimum atomic E-state index is -0.899. The second-order valence-electron chi connectivity index (χ2n) is 5.69. The summed E-state index contributed by atoms with van der Waals surface area (Å²) in [5, 5.41) is 3.26. The highest BCUT2D eigenvalue weighted by molar-refractivity contribution is 5.93. The van der Waals surface area contributed by atoms with Crippen molar-refractivity contribution in [1.29, 1.82) is 0 Å². The van der Waals surface area contributed by atoms with E-state index in [1.54, 1.807) is 0 Å². The molecule has 1 heterocycles. The molecule has 0 atom stereocenters. The van der Waals surface area contributed by atoms with Crippen LogP contribution in [0.25, 0.3) is 10.9 Å². The Labute approximate surface area is 148 Å². The van der Waals surface area contributed by atoms with Crippen LogP contribution in [0.15, 0.2) is 48.7 Å². The Morgan fingerprint density at radius 3 is 2.73 bits per heavy atom. The van der Waals surface area contributed by atoms with E-state index in [0.717, 1.165) is 28.6 Å². The third kappa shape index (κ3) is 4.24. The van der Waals surface area contributed by atoms with E-state index in [4.69, 9.17) is 4.74 Å². The molecule has 0 saturated heterocycles. The smallest absolute Gasteiger partial charge is 0.306 e. The Morgan fingerprint density at radius 2 is 1.92 bits per heavy atom. The highest BCUT2D eigenvalue weighted by Gasteiger charge is 2.12. The first-order valence-corrected chi connectivity index (χ1v) is 7.98. The molecular formula is C19H16F2N2O3. The standard InChI is InChI=1S/C19H16F2N2O3/c20-13-6-7-17(15(21)9-13)23-18(24)11-26-19(25)8-5-12-10-22-16-4-2-1-3-14(12)16/h1-4,6-7,9-10,22H,5,8,11H2,(H,23,24). The van der Waals surface area contributed by atoms with Crippen LogP contribution in [0.4, 0.5) is 14.5 Å². The third-order valence-corrected chi connectivity index (χ3v) is 3.84. The number of fused-ring (bicyclic) bond motifs is 1. The van der Waals surface area contributed by atoms with Crippen LogP contribution in [0.3, 0.4) is 0 Å². The van der Waals surface area contributed by atoms with Gasteiger partial charge in [0.1, 0.15) is 11.6 Å². The van der Waals surface area contributed by atoms with Crippen LogP contribution in [-0.4, -0.2) is 23.5 Å². The van der Waals surface area contributed by atoms with Gasteiger partial charge in [-0.25, -0.2) is 8.78 Å². The number of para-hydroxylation sites is 1. The lowest BCUT2D eigenvalue weighted by molar-refractivity contribution is -0.147. The molecule has 1 aromatic heterocycles. The molecule has 0 saturated carbocycles. The van der Waals surface area contributed by atoms with Gasteiger partial charge in [-0.15, -0.1) is 0 Å². The Kier molecular flexibility index (Phi) is 5.26. The Hall–Kier alpha value is -3.22. The number of halogens is 2. The average molecular weight is 358 g/mol. The van der Waals surface area contributed by atoms with E-state index in [-0.39, 0.29) is 12.1 Å². The largest absolute Gasteiger partial charge is 0.456 e. The van der Waals surface area contributed by atoms with Crippen LogP contribution < -0.4 is 5.32 Å². The first-order valence-electron chi connectivity index (χ1n) is 7.98. The van der Waals surface area contributed by atoms with Gasteiger partial charge in [-0.3, -0.25) is 9.59 Å². The third-order valence-electron chi connectivity index (χ3n) is 3.84. The number of hydrogen-bond donors (Lipinski definition) is 2. The quantitative estimate of drug-likeness (QED) is 0.662. The number of ether oxygens (including phenoxy) is 1. The van der Waals surface area contributed by atoms with E-state index < -0.39 is 30.1 Å². The van der Waals surface area contributed by atoms with Crippen LogP contribution in [0, 0.1) is 11.6 Å². The lowest BCUT2D eigenvalue weighted by Crippen LogP contribution is -2.21. The summed E-state index contributed by atoms with van der Waals surface area (Å²) in [5.74, 6) is -2.88. The Bertz CT molecular complexity index is 953. The predicted molar refractivity (Wildman–Crippen MR) is 92.6 cm³/mol. The van der Waals surface area contributed by atoms with Crippen LogP contribution in [-0.2, 0) is 20.7 Å². The summed E-state index contributed by atoms with van der Waals surface area (Å²) in [5.41, 5.74) is 1.79. The number of aryl methyl sites for hydroxylation is 1. The summed E-state index contributed by atoms with van der Waals surface area (Å²) < 4.78 is 31.2. The van der Waals surface area contributed by atoms with Gasteiger partial charge in [0, 0.05) is 29.6 Å². The monoisotopic (exact) mass is 358 g/mol. The number of rotatable bonds is 6. The predicted octanol–water partition coefficient (Wildman–Crippen LogP) is 3.56. The van der Waals surface area contributed by atoms with Crippen LogP contribution >= 0.6 is 0 Å². The first kappa shape index (κ1) is 17.6. The van der Waals surface area contributed by atoms with Gasteiger partial charge in [-0.05, 0) is 30.2 Å². The van der Waals surface area contributed by atoms with Crippen molar-refractivity contribution in [3.63, 3.8) is 0 Å². The zero-order valence-corrected chi connectivity index (χ0v) is 13.7. The number of aromatic nitrogens is 1.